The Balaban J connectivity index is 2.88. The van der Waals surface area contributed by atoms with E-state index in [4.69, 9.17) is 5.73 Å². The van der Waals surface area contributed by atoms with E-state index in [2.05, 4.69) is 17.2 Å². The van der Waals surface area contributed by atoms with Crippen LogP contribution in [0.1, 0.15) is 39.5 Å². The van der Waals surface area contributed by atoms with Gasteiger partial charge in [0, 0.05) is 17.8 Å². The lowest BCUT2D eigenvalue weighted by Crippen LogP contribution is -2.37. The lowest BCUT2D eigenvalue weighted by molar-refractivity contribution is -0.132. The molecule has 2 aromatic carbocycles. The largest absolute Gasteiger partial charge is 0.373 e. The molecule has 0 aliphatic rings. The number of carbonyl (C=O) groups is 2. The Morgan fingerprint density at radius 1 is 1.20 bits per heavy atom. The number of hydrogen-bond donors (Lipinski definition) is 3. The molecule has 6 heteroatoms. The molecule has 0 heterocycles. The van der Waals surface area contributed by atoms with E-state index in [0.717, 1.165) is 5.56 Å². The molecule has 0 bridgehead atoms. The van der Waals surface area contributed by atoms with Gasteiger partial charge in [0.25, 0.3) is 0 Å². The van der Waals surface area contributed by atoms with E-state index in [1.807, 2.05) is 19.1 Å². The number of nitrogens with two attached hydrogens (primary N) is 1. The summed E-state index contributed by atoms with van der Waals surface area (Å²) in [4.78, 5) is 24.1. The Hall–Kier alpha value is -2.99. The highest BCUT2D eigenvalue weighted by molar-refractivity contribution is 5.97. The summed E-state index contributed by atoms with van der Waals surface area (Å²) in [7, 11) is 0. The Bertz CT molecular complexity index is 861. The zero-order valence-corrected chi connectivity index (χ0v) is 14.5. The van der Waals surface area contributed by atoms with Gasteiger partial charge in [0.05, 0.1) is 5.69 Å². The van der Waals surface area contributed by atoms with Crippen LogP contribution in [0.2, 0.25) is 0 Å². The third-order valence-electron chi connectivity index (χ3n) is 4.23. The zero-order chi connectivity index (χ0) is 18.8. The Kier molecular flexibility index (Phi) is 5.04. The molecular weight excluding hydrogens is 318 g/mol. The van der Waals surface area contributed by atoms with Crippen molar-refractivity contribution >= 4 is 24.1 Å². The lowest BCUT2D eigenvalue weighted by atomic mass is 9.78. The molecule has 130 valence electrons. The van der Waals surface area contributed by atoms with Crippen molar-refractivity contribution in [3.8, 4) is 0 Å². The van der Waals surface area contributed by atoms with Crippen molar-refractivity contribution < 1.29 is 14.7 Å². The quantitative estimate of drug-likeness (QED) is 0.554. The highest BCUT2D eigenvalue weighted by Gasteiger charge is 2.41. The zero-order valence-electron chi connectivity index (χ0n) is 14.5. The minimum absolute atomic E-state index is 0.239. The smallest absolute Gasteiger partial charge is 0.248 e. The Labute approximate surface area is 146 Å². The van der Waals surface area contributed by atoms with Gasteiger partial charge >= 0.3 is 0 Å². The van der Waals surface area contributed by atoms with E-state index in [1.165, 1.54) is 19.1 Å². The first kappa shape index (κ1) is 18.4. The molecule has 2 rings (SSSR count). The molecule has 4 N–H and O–H groups in total. The number of Topliss-reactive ketones (excluding diaryl/α,β-unsaturated/α-hetero) is 1. The number of ketones is 1. The SMILES string of the molecule is C=NNc1cc(C(N)=O)cc(C)c1C(O)(C(C)=O)c1ccccc1C. The fourth-order valence-electron chi connectivity index (χ4n) is 3.06. The second-order valence-corrected chi connectivity index (χ2v) is 5.93. The second kappa shape index (κ2) is 6.86. The number of carbonyl (C=O) groups excluding carboxylic acids is 2. The highest BCUT2D eigenvalue weighted by Crippen LogP contribution is 2.39. The summed E-state index contributed by atoms with van der Waals surface area (Å²) in [6.07, 6.45) is 0. The fourth-order valence-corrected chi connectivity index (χ4v) is 3.06. The highest BCUT2D eigenvalue weighted by atomic mass is 16.3. The molecule has 0 saturated heterocycles. The van der Waals surface area contributed by atoms with Crippen molar-refractivity contribution in [2.75, 3.05) is 5.43 Å². The van der Waals surface area contributed by atoms with Gasteiger partial charge in [-0.25, -0.2) is 0 Å². The van der Waals surface area contributed by atoms with E-state index < -0.39 is 17.3 Å². The number of anilines is 1. The molecular formula is C19H21N3O3. The van der Waals surface area contributed by atoms with Crippen LogP contribution in [-0.2, 0) is 10.4 Å². The number of hydrazone groups is 1. The van der Waals surface area contributed by atoms with Crippen molar-refractivity contribution in [1.82, 2.24) is 0 Å². The van der Waals surface area contributed by atoms with Crippen LogP contribution in [-0.4, -0.2) is 23.5 Å². The van der Waals surface area contributed by atoms with Gasteiger partial charge in [-0.15, -0.1) is 0 Å². The number of hydrogen-bond acceptors (Lipinski definition) is 5. The van der Waals surface area contributed by atoms with E-state index in [9.17, 15) is 14.7 Å². The number of nitrogens with zero attached hydrogens (tertiary/aromatic N) is 1. The van der Waals surface area contributed by atoms with Crippen LogP contribution >= 0.6 is 0 Å². The average Bonchev–Trinajstić information content (AvgIpc) is 2.54. The van der Waals surface area contributed by atoms with Crippen LogP contribution in [0.4, 0.5) is 5.69 Å². The standard InChI is InChI=1S/C19H21N3O3/c1-11-7-5-6-8-15(11)19(25,13(3)23)17-12(2)9-14(18(20)24)10-16(17)22-21-4/h5-10,22,25H,4H2,1-3H3,(H2,20,24). The molecule has 25 heavy (non-hydrogen) atoms. The van der Waals surface area contributed by atoms with Gasteiger partial charge in [-0.3, -0.25) is 15.0 Å². The molecule has 0 aliphatic carbocycles. The van der Waals surface area contributed by atoms with Gasteiger partial charge in [0.15, 0.2) is 11.4 Å². The molecule has 1 amide bonds. The number of amides is 1. The maximum Gasteiger partial charge on any atom is 0.248 e. The van der Waals surface area contributed by atoms with Crippen LogP contribution < -0.4 is 11.2 Å². The van der Waals surface area contributed by atoms with Gasteiger partial charge in [0.2, 0.25) is 5.91 Å². The second-order valence-electron chi connectivity index (χ2n) is 5.93. The minimum atomic E-state index is -1.90. The summed E-state index contributed by atoms with van der Waals surface area (Å²) in [5.41, 5.74) is 8.71. The Morgan fingerprint density at radius 2 is 1.84 bits per heavy atom. The monoisotopic (exact) mass is 339 g/mol. The summed E-state index contributed by atoms with van der Waals surface area (Å²) in [6, 6.07) is 10.1. The van der Waals surface area contributed by atoms with Gasteiger partial charge < -0.3 is 10.8 Å². The third kappa shape index (κ3) is 3.16. The predicted octanol–water partition coefficient (Wildman–Crippen LogP) is 2.25. The van der Waals surface area contributed by atoms with Crippen LogP contribution in [0, 0.1) is 13.8 Å². The summed E-state index contributed by atoms with van der Waals surface area (Å²) in [5, 5.41) is 15.1. The average molecular weight is 339 g/mol. The van der Waals surface area contributed by atoms with Crippen LogP contribution in [0.25, 0.3) is 0 Å². The minimum Gasteiger partial charge on any atom is -0.373 e. The van der Waals surface area contributed by atoms with Crippen LogP contribution in [0.5, 0.6) is 0 Å². The number of rotatable bonds is 6. The van der Waals surface area contributed by atoms with Gasteiger partial charge in [-0.05, 0) is 49.6 Å². The van der Waals surface area contributed by atoms with Crippen molar-refractivity contribution in [3.63, 3.8) is 0 Å². The topological polar surface area (TPSA) is 105 Å². The summed E-state index contributed by atoms with van der Waals surface area (Å²) >= 11 is 0. The molecule has 0 aliphatic heterocycles. The number of benzene rings is 2. The first-order valence-electron chi connectivity index (χ1n) is 7.69. The molecule has 0 saturated carbocycles. The van der Waals surface area contributed by atoms with E-state index >= 15 is 0 Å². The number of aliphatic hydroxyl groups is 1. The molecule has 6 nitrogen and oxygen atoms in total. The molecule has 0 radical (unpaired) electrons. The summed E-state index contributed by atoms with van der Waals surface area (Å²) < 4.78 is 0. The first-order chi connectivity index (χ1) is 11.7. The number of nitrogens with one attached hydrogen (secondary N) is 1. The van der Waals surface area contributed by atoms with Crippen molar-refractivity contribution in [2.24, 2.45) is 10.8 Å². The maximum atomic E-state index is 12.5. The van der Waals surface area contributed by atoms with Gasteiger partial charge in [0.1, 0.15) is 0 Å². The van der Waals surface area contributed by atoms with E-state index in [-0.39, 0.29) is 5.56 Å². The third-order valence-corrected chi connectivity index (χ3v) is 4.23. The molecule has 0 aromatic heterocycles. The molecule has 0 fully saturated rings. The van der Waals surface area contributed by atoms with E-state index in [0.29, 0.717) is 22.4 Å². The fraction of sp³-hybridized carbons (Fsp3) is 0.211. The van der Waals surface area contributed by atoms with Crippen molar-refractivity contribution in [2.45, 2.75) is 26.4 Å². The Morgan fingerprint density at radius 3 is 2.36 bits per heavy atom. The molecule has 0 spiro atoms. The number of primary amides is 1. The summed E-state index contributed by atoms with van der Waals surface area (Å²) in [6.45, 7) is 8.20. The van der Waals surface area contributed by atoms with Gasteiger partial charge in [-0.1, -0.05) is 24.3 Å². The van der Waals surface area contributed by atoms with Crippen LogP contribution in [0.3, 0.4) is 0 Å². The first-order valence-corrected chi connectivity index (χ1v) is 7.69. The van der Waals surface area contributed by atoms with Crippen molar-refractivity contribution in [3.05, 3.63) is 64.2 Å². The van der Waals surface area contributed by atoms with Crippen LogP contribution in [0.15, 0.2) is 41.5 Å². The predicted molar refractivity (Wildman–Crippen MR) is 97.7 cm³/mol. The normalized spacial score (nSPS) is 13.0. The maximum absolute atomic E-state index is 12.5. The van der Waals surface area contributed by atoms with E-state index in [1.54, 1.807) is 19.1 Å². The van der Waals surface area contributed by atoms with Crippen molar-refractivity contribution in [1.29, 1.82) is 0 Å². The number of aryl methyl sites for hydroxylation is 2. The van der Waals surface area contributed by atoms with Gasteiger partial charge in [-0.2, -0.15) is 5.10 Å². The molecule has 1 atom stereocenters. The summed E-state index contributed by atoms with van der Waals surface area (Å²) in [5.74, 6) is -1.08. The molecule has 1 unspecified atom stereocenters. The lowest BCUT2D eigenvalue weighted by Gasteiger charge is -2.31. The molecule has 2 aromatic rings.